The van der Waals surface area contributed by atoms with Gasteiger partial charge in [-0.15, -0.1) is 12.4 Å². The third-order valence-electron chi connectivity index (χ3n) is 2.84. The van der Waals surface area contributed by atoms with E-state index in [0.29, 0.717) is 25.8 Å². The topological polar surface area (TPSA) is 70.2 Å². The van der Waals surface area contributed by atoms with Crippen LogP contribution in [0.1, 0.15) is 39.0 Å². The first-order chi connectivity index (χ1) is 8.22. The van der Waals surface area contributed by atoms with Crippen LogP contribution < -0.4 is 16.0 Å². The normalized spacial score (nSPS) is 18.6. The Labute approximate surface area is 115 Å². The van der Waals surface area contributed by atoms with Gasteiger partial charge in [-0.3, -0.25) is 9.59 Å². The van der Waals surface area contributed by atoms with Crippen molar-refractivity contribution in [2.24, 2.45) is 0 Å². The first-order valence-corrected chi connectivity index (χ1v) is 6.49. The molecule has 18 heavy (non-hydrogen) atoms. The van der Waals surface area contributed by atoms with Crippen molar-refractivity contribution in [3.63, 3.8) is 0 Å². The minimum atomic E-state index is 0. The summed E-state index contributed by atoms with van der Waals surface area (Å²) >= 11 is 0. The van der Waals surface area contributed by atoms with Crippen molar-refractivity contribution in [2.75, 3.05) is 19.6 Å². The number of halogens is 1. The van der Waals surface area contributed by atoms with E-state index in [2.05, 4.69) is 16.0 Å². The van der Waals surface area contributed by atoms with Crippen LogP contribution in [0.25, 0.3) is 0 Å². The van der Waals surface area contributed by atoms with Crippen molar-refractivity contribution in [3.8, 4) is 0 Å². The van der Waals surface area contributed by atoms with Crippen LogP contribution in [0.4, 0.5) is 0 Å². The van der Waals surface area contributed by atoms with Gasteiger partial charge in [0.2, 0.25) is 11.8 Å². The molecule has 0 bridgehead atoms. The molecular weight excluding hydrogens is 254 g/mol. The summed E-state index contributed by atoms with van der Waals surface area (Å²) in [6.07, 6.45) is 3.66. The highest BCUT2D eigenvalue weighted by Crippen LogP contribution is 2.02. The molecule has 0 aromatic rings. The largest absolute Gasteiger partial charge is 0.356 e. The number of hydrogen-bond acceptors (Lipinski definition) is 3. The monoisotopic (exact) mass is 277 g/mol. The number of piperidine rings is 1. The Morgan fingerprint density at radius 3 is 2.61 bits per heavy atom. The van der Waals surface area contributed by atoms with E-state index in [-0.39, 0.29) is 30.3 Å². The molecule has 3 N–H and O–H groups in total. The van der Waals surface area contributed by atoms with Gasteiger partial charge in [0.15, 0.2) is 0 Å². The predicted octanol–water partition coefficient (Wildman–Crippen LogP) is 0.583. The van der Waals surface area contributed by atoms with E-state index in [0.717, 1.165) is 25.9 Å². The lowest BCUT2D eigenvalue weighted by Gasteiger charge is -2.23. The van der Waals surface area contributed by atoms with Crippen LogP contribution in [-0.2, 0) is 9.59 Å². The third kappa shape index (κ3) is 7.50. The van der Waals surface area contributed by atoms with Gasteiger partial charge in [-0.1, -0.05) is 0 Å². The van der Waals surface area contributed by atoms with Crippen LogP contribution in [0.15, 0.2) is 0 Å². The minimum Gasteiger partial charge on any atom is -0.356 e. The molecule has 1 aliphatic heterocycles. The molecule has 0 aliphatic carbocycles. The van der Waals surface area contributed by atoms with Crippen LogP contribution >= 0.6 is 12.4 Å². The van der Waals surface area contributed by atoms with Gasteiger partial charge in [-0.05, 0) is 32.7 Å². The van der Waals surface area contributed by atoms with E-state index in [9.17, 15) is 9.59 Å². The number of amides is 2. The van der Waals surface area contributed by atoms with Gasteiger partial charge < -0.3 is 16.0 Å². The van der Waals surface area contributed by atoms with Gasteiger partial charge in [-0.2, -0.15) is 0 Å². The summed E-state index contributed by atoms with van der Waals surface area (Å²) in [4.78, 5) is 22.7. The highest BCUT2D eigenvalue weighted by atomic mass is 35.5. The van der Waals surface area contributed by atoms with Crippen LogP contribution in [0, 0.1) is 0 Å². The molecule has 0 radical (unpaired) electrons. The van der Waals surface area contributed by atoms with E-state index in [1.807, 2.05) is 6.92 Å². The van der Waals surface area contributed by atoms with Gasteiger partial charge in [-0.25, -0.2) is 0 Å². The quantitative estimate of drug-likeness (QED) is 0.665. The molecule has 1 rings (SSSR count). The second-order valence-corrected chi connectivity index (χ2v) is 4.42. The average Bonchev–Trinajstić information content (AvgIpc) is 2.30. The first-order valence-electron chi connectivity index (χ1n) is 6.49. The lowest BCUT2D eigenvalue weighted by molar-refractivity contribution is -0.122. The number of carbonyl (C=O) groups excluding carboxylic acids is 2. The molecule has 6 heteroatoms. The summed E-state index contributed by atoms with van der Waals surface area (Å²) in [5.74, 6) is 0.0858. The molecule has 5 nitrogen and oxygen atoms in total. The maximum absolute atomic E-state index is 11.6. The molecule has 1 heterocycles. The molecule has 2 amide bonds. The summed E-state index contributed by atoms with van der Waals surface area (Å²) in [5, 5.41) is 8.96. The molecule has 0 aromatic carbocycles. The maximum atomic E-state index is 11.6. The summed E-state index contributed by atoms with van der Waals surface area (Å²) < 4.78 is 0. The molecule has 106 valence electrons. The summed E-state index contributed by atoms with van der Waals surface area (Å²) in [6.45, 7) is 4.45. The summed E-state index contributed by atoms with van der Waals surface area (Å²) in [5.41, 5.74) is 0. The second kappa shape index (κ2) is 10.1. The van der Waals surface area contributed by atoms with Gasteiger partial charge in [0.1, 0.15) is 0 Å². The van der Waals surface area contributed by atoms with Gasteiger partial charge in [0, 0.05) is 32.0 Å². The van der Waals surface area contributed by atoms with Crippen molar-refractivity contribution in [3.05, 3.63) is 0 Å². The van der Waals surface area contributed by atoms with Crippen LogP contribution in [0.2, 0.25) is 0 Å². The fourth-order valence-corrected chi connectivity index (χ4v) is 1.97. The number of nitrogens with one attached hydrogen (secondary N) is 3. The first kappa shape index (κ1) is 17.2. The second-order valence-electron chi connectivity index (χ2n) is 4.42. The molecule has 1 saturated heterocycles. The predicted molar refractivity (Wildman–Crippen MR) is 73.8 cm³/mol. The van der Waals surface area contributed by atoms with E-state index >= 15 is 0 Å². The van der Waals surface area contributed by atoms with E-state index in [4.69, 9.17) is 0 Å². The molecule has 0 aromatic heterocycles. The van der Waals surface area contributed by atoms with E-state index in [1.165, 1.54) is 0 Å². The Morgan fingerprint density at radius 1 is 1.28 bits per heavy atom. The SMILES string of the molecule is CCNC(=O)CCCC(=O)NC1CCCNC1.Cl. The van der Waals surface area contributed by atoms with Gasteiger partial charge >= 0.3 is 0 Å². The van der Waals surface area contributed by atoms with Crippen LogP contribution in [0.3, 0.4) is 0 Å². The van der Waals surface area contributed by atoms with E-state index < -0.39 is 0 Å². The van der Waals surface area contributed by atoms with Gasteiger partial charge in [0.05, 0.1) is 0 Å². The van der Waals surface area contributed by atoms with E-state index in [1.54, 1.807) is 0 Å². The Balaban J connectivity index is 0.00000289. The standard InChI is InChI=1S/C12H23N3O2.ClH/c1-2-14-11(16)6-3-7-12(17)15-10-5-4-8-13-9-10;/h10,13H,2-9H2,1H3,(H,14,16)(H,15,17);1H. The lowest BCUT2D eigenvalue weighted by atomic mass is 10.1. The van der Waals surface area contributed by atoms with Crippen molar-refractivity contribution >= 4 is 24.2 Å². The summed E-state index contributed by atoms with van der Waals surface area (Å²) in [7, 11) is 0. The number of carbonyl (C=O) groups is 2. The highest BCUT2D eigenvalue weighted by molar-refractivity contribution is 5.85. The fraction of sp³-hybridized carbons (Fsp3) is 0.833. The zero-order valence-electron chi connectivity index (χ0n) is 11.0. The smallest absolute Gasteiger partial charge is 0.220 e. The molecule has 1 fully saturated rings. The zero-order chi connectivity index (χ0) is 12.5. The van der Waals surface area contributed by atoms with Crippen molar-refractivity contribution < 1.29 is 9.59 Å². The van der Waals surface area contributed by atoms with Gasteiger partial charge in [0.25, 0.3) is 0 Å². The van der Waals surface area contributed by atoms with Crippen molar-refractivity contribution in [2.45, 2.75) is 45.1 Å². The molecular formula is C12H24ClN3O2. The Hall–Kier alpha value is -0.810. The maximum Gasteiger partial charge on any atom is 0.220 e. The molecule has 1 aliphatic rings. The van der Waals surface area contributed by atoms with Crippen molar-refractivity contribution in [1.29, 1.82) is 0 Å². The van der Waals surface area contributed by atoms with Crippen LogP contribution in [-0.4, -0.2) is 37.5 Å². The minimum absolute atomic E-state index is 0. The molecule has 1 atom stereocenters. The Bertz CT molecular complexity index is 256. The fourth-order valence-electron chi connectivity index (χ4n) is 1.97. The highest BCUT2D eigenvalue weighted by Gasteiger charge is 2.14. The lowest BCUT2D eigenvalue weighted by Crippen LogP contribution is -2.45. The Kier molecular flexibility index (Phi) is 9.69. The number of rotatable bonds is 6. The zero-order valence-corrected chi connectivity index (χ0v) is 11.8. The molecule has 0 spiro atoms. The van der Waals surface area contributed by atoms with Crippen molar-refractivity contribution in [1.82, 2.24) is 16.0 Å². The summed E-state index contributed by atoms with van der Waals surface area (Å²) in [6, 6.07) is 0.265. The van der Waals surface area contributed by atoms with Crippen LogP contribution in [0.5, 0.6) is 0 Å². The molecule has 1 unspecified atom stereocenters. The Morgan fingerprint density at radius 2 is 2.00 bits per heavy atom. The average molecular weight is 278 g/mol. The number of hydrogen-bond donors (Lipinski definition) is 3. The molecule has 0 saturated carbocycles. The third-order valence-corrected chi connectivity index (χ3v) is 2.84.